The van der Waals surface area contributed by atoms with Crippen molar-refractivity contribution in [2.75, 3.05) is 0 Å². The average molecular weight is 402 g/mol. The van der Waals surface area contributed by atoms with Crippen molar-refractivity contribution in [2.24, 2.45) is 0 Å². The quantitative estimate of drug-likeness (QED) is 0.254. The van der Waals surface area contributed by atoms with Crippen LogP contribution in [0.25, 0.3) is 11.5 Å². The van der Waals surface area contributed by atoms with E-state index in [1.165, 1.54) is 0 Å². The number of hydrogen-bond acceptors (Lipinski definition) is 4. The molecule has 3 rings (SSSR count). The maximum Gasteiger partial charge on any atom is 0.288 e. The lowest BCUT2D eigenvalue weighted by atomic mass is 10.1. The molecule has 0 aliphatic heterocycles. The Balaban J connectivity index is 2.00. The summed E-state index contributed by atoms with van der Waals surface area (Å²) in [4.78, 5) is 0.332. The highest BCUT2D eigenvalue weighted by Gasteiger charge is 2.24. The molecule has 2 aromatic heterocycles. The molecule has 0 spiro atoms. The van der Waals surface area contributed by atoms with Crippen LogP contribution in [-0.4, -0.2) is 15.2 Å². The molecule has 138 valence electrons. The summed E-state index contributed by atoms with van der Waals surface area (Å²) in [6.07, 6.45) is 5.05. The van der Waals surface area contributed by atoms with Crippen molar-refractivity contribution in [3.8, 4) is 0 Å². The third kappa shape index (κ3) is 4.74. The molecule has 0 aliphatic rings. The number of furan rings is 1. The van der Waals surface area contributed by atoms with Crippen LogP contribution in [0.1, 0.15) is 16.9 Å². The predicted octanol–water partition coefficient (Wildman–Crippen LogP) is 3.71. The summed E-state index contributed by atoms with van der Waals surface area (Å²) in [6, 6.07) is 14.0. The van der Waals surface area contributed by atoms with E-state index >= 15 is 0 Å². The van der Waals surface area contributed by atoms with Crippen LogP contribution in [0.15, 0.2) is 71.6 Å². The van der Waals surface area contributed by atoms with Gasteiger partial charge in [0.25, 0.3) is 5.70 Å². The molecule has 3 N–H and O–H groups in total. The zero-order chi connectivity index (χ0) is 19.2. The van der Waals surface area contributed by atoms with Gasteiger partial charge in [-0.3, -0.25) is 0 Å². The highest BCUT2D eigenvalue weighted by Crippen LogP contribution is 2.20. The molecule has 0 atom stereocenters. The number of nitrogens with one attached hydrogen (secondary N) is 1. The van der Waals surface area contributed by atoms with Crippen LogP contribution in [-0.2, 0) is 13.2 Å². The van der Waals surface area contributed by atoms with E-state index in [9.17, 15) is 10.2 Å². The zero-order valence-electron chi connectivity index (χ0n) is 14.3. The van der Waals surface area contributed by atoms with Gasteiger partial charge < -0.3 is 19.9 Å². The van der Waals surface area contributed by atoms with Gasteiger partial charge in [-0.1, -0.05) is 23.8 Å². The normalized spacial score (nSPS) is 11.8. The number of nitrogens with zero attached hydrogens (tertiary/aromatic N) is 1. The van der Waals surface area contributed by atoms with Gasteiger partial charge in [-0.05, 0) is 42.5 Å². The molecule has 2 heterocycles. The Morgan fingerprint density at radius 2 is 1.93 bits per heavy atom. The fourth-order valence-electron chi connectivity index (χ4n) is 2.51. The molecular formula is C20H18ClN2O3S+. The number of rotatable bonds is 6. The van der Waals surface area contributed by atoms with Gasteiger partial charge in [-0.25, -0.2) is 0 Å². The SMILES string of the molecule is OCc1ccc[n+](/C(C(=S)NCc2ccco2)=C(/O)c2ccc(Cl)cc2)c1. The van der Waals surface area contributed by atoms with Crippen LogP contribution in [0.2, 0.25) is 5.02 Å². The lowest BCUT2D eigenvalue weighted by Crippen LogP contribution is -2.41. The van der Waals surface area contributed by atoms with Gasteiger partial charge >= 0.3 is 0 Å². The Labute approximate surface area is 167 Å². The number of thiocarbonyl (C=S) groups is 1. The number of hydrogen-bond donors (Lipinski definition) is 3. The largest absolute Gasteiger partial charge is 0.502 e. The van der Waals surface area contributed by atoms with Gasteiger partial charge in [-0.15, -0.1) is 0 Å². The highest BCUT2D eigenvalue weighted by atomic mass is 35.5. The molecule has 0 fully saturated rings. The van der Waals surface area contributed by atoms with E-state index in [0.717, 1.165) is 5.76 Å². The summed E-state index contributed by atoms with van der Waals surface area (Å²) in [5.74, 6) is 0.709. The molecule has 0 saturated carbocycles. The Hall–Kier alpha value is -2.67. The minimum Gasteiger partial charge on any atom is -0.502 e. The van der Waals surface area contributed by atoms with Gasteiger partial charge in [0.2, 0.25) is 0 Å². The first-order valence-electron chi connectivity index (χ1n) is 8.19. The van der Waals surface area contributed by atoms with Crippen LogP contribution in [0.4, 0.5) is 0 Å². The third-order valence-electron chi connectivity index (χ3n) is 3.86. The first kappa shape index (κ1) is 19.1. The first-order chi connectivity index (χ1) is 13.1. The van der Waals surface area contributed by atoms with Gasteiger partial charge in [-0.2, -0.15) is 4.57 Å². The van der Waals surface area contributed by atoms with E-state index in [1.54, 1.807) is 65.7 Å². The van der Waals surface area contributed by atoms with Crippen molar-refractivity contribution in [2.45, 2.75) is 13.2 Å². The molecule has 3 aromatic rings. The minimum atomic E-state index is -0.123. The number of benzene rings is 1. The second kappa shape index (κ2) is 8.81. The van der Waals surface area contributed by atoms with Crippen LogP contribution >= 0.6 is 23.8 Å². The van der Waals surface area contributed by atoms with Gasteiger partial charge in [0.05, 0.1) is 19.4 Å². The Morgan fingerprint density at radius 1 is 1.15 bits per heavy atom. The van der Waals surface area contributed by atoms with Crippen LogP contribution in [0.3, 0.4) is 0 Å². The molecule has 0 unspecified atom stereocenters. The Kier molecular flexibility index (Phi) is 6.24. The molecule has 0 amide bonds. The molecule has 1 aromatic carbocycles. The average Bonchev–Trinajstić information content (AvgIpc) is 3.21. The van der Waals surface area contributed by atoms with Crippen molar-refractivity contribution < 1.29 is 19.2 Å². The fraction of sp³-hybridized carbons (Fsp3) is 0.100. The highest BCUT2D eigenvalue weighted by molar-refractivity contribution is 7.81. The van der Waals surface area contributed by atoms with Gasteiger partial charge in [0.1, 0.15) is 5.76 Å². The predicted molar refractivity (Wildman–Crippen MR) is 108 cm³/mol. The number of aliphatic hydroxyl groups is 2. The van der Waals surface area contributed by atoms with Crippen LogP contribution < -0.4 is 9.88 Å². The summed E-state index contributed by atoms with van der Waals surface area (Å²) in [7, 11) is 0. The lowest BCUT2D eigenvalue weighted by molar-refractivity contribution is -0.576. The molecule has 0 saturated heterocycles. The maximum absolute atomic E-state index is 10.9. The van der Waals surface area contributed by atoms with Crippen molar-refractivity contribution in [1.29, 1.82) is 0 Å². The van der Waals surface area contributed by atoms with E-state index in [-0.39, 0.29) is 12.4 Å². The van der Waals surface area contributed by atoms with E-state index in [1.807, 2.05) is 6.07 Å². The fourth-order valence-corrected chi connectivity index (χ4v) is 2.91. The van der Waals surface area contributed by atoms with E-state index in [0.29, 0.717) is 33.4 Å². The number of pyridine rings is 1. The number of aliphatic hydroxyl groups excluding tert-OH is 2. The van der Waals surface area contributed by atoms with Crippen molar-refractivity contribution >= 4 is 40.3 Å². The van der Waals surface area contributed by atoms with Crippen LogP contribution in [0, 0.1) is 0 Å². The van der Waals surface area contributed by atoms with Gasteiger partial charge in [0, 0.05) is 22.2 Å². The second-order valence-corrected chi connectivity index (χ2v) is 6.59. The Morgan fingerprint density at radius 3 is 2.59 bits per heavy atom. The molecule has 0 radical (unpaired) electrons. The summed E-state index contributed by atoms with van der Waals surface area (Å²) in [6.45, 7) is 0.256. The summed E-state index contributed by atoms with van der Waals surface area (Å²) in [5, 5.41) is 24.0. The summed E-state index contributed by atoms with van der Waals surface area (Å²) >= 11 is 11.5. The number of aromatic nitrogens is 1. The molecule has 5 nitrogen and oxygen atoms in total. The number of halogens is 1. The smallest absolute Gasteiger partial charge is 0.288 e. The third-order valence-corrected chi connectivity index (χ3v) is 4.45. The Bertz CT molecular complexity index is 954. The van der Waals surface area contributed by atoms with Crippen molar-refractivity contribution in [1.82, 2.24) is 5.32 Å². The van der Waals surface area contributed by atoms with Crippen LogP contribution in [0.5, 0.6) is 0 Å². The van der Waals surface area contributed by atoms with E-state index in [2.05, 4.69) is 5.32 Å². The molecule has 0 aliphatic carbocycles. The topological polar surface area (TPSA) is 69.5 Å². The van der Waals surface area contributed by atoms with E-state index in [4.69, 9.17) is 28.2 Å². The standard InChI is InChI=1S/C20H17ClN2O3S/c21-16-7-5-15(6-8-16)19(25)18(23-9-1-3-14(12-23)13-24)20(27)22-11-17-4-2-10-26-17/h1-10,12,24H,11,13H2,(H-,22,25,27)/p+1. The summed E-state index contributed by atoms with van der Waals surface area (Å²) < 4.78 is 6.98. The van der Waals surface area contributed by atoms with Crippen molar-refractivity contribution in [3.05, 3.63) is 89.1 Å². The summed E-state index contributed by atoms with van der Waals surface area (Å²) in [5.41, 5.74) is 1.64. The molecular weight excluding hydrogens is 384 g/mol. The zero-order valence-corrected chi connectivity index (χ0v) is 15.9. The molecule has 27 heavy (non-hydrogen) atoms. The maximum atomic E-state index is 10.9. The van der Waals surface area contributed by atoms with Crippen molar-refractivity contribution in [3.63, 3.8) is 0 Å². The second-order valence-electron chi connectivity index (χ2n) is 5.74. The molecule has 7 heteroatoms. The molecule has 0 bridgehead atoms. The van der Waals surface area contributed by atoms with E-state index < -0.39 is 0 Å². The minimum absolute atomic E-state index is 0.0105. The monoisotopic (exact) mass is 401 g/mol. The lowest BCUT2D eigenvalue weighted by Gasteiger charge is -2.10. The first-order valence-corrected chi connectivity index (χ1v) is 8.98. The van der Waals surface area contributed by atoms with Gasteiger partial charge in [0.15, 0.2) is 23.1 Å².